The molecule has 2 nitrogen and oxygen atoms in total. The maximum atomic E-state index is 8.82. The lowest BCUT2D eigenvalue weighted by atomic mass is 10.2. The van der Waals surface area contributed by atoms with E-state index in [1.807, 2.05) is 18.2 Å². The van der Waals surface area contributed by atoms with Crippen molar-refractivity contribution in [2.75, 3.05) is 11.9 Å². The van der Waals surface area contributed by atoms with E-state index in [4.69, 9.17) is 5.26 Å². The van der Waals surface area contributed by atoms with Crippen molar-refractivity contribution in [3.8, 4) is 6.07 Å². The molecule has 1 aliphatic rings. The van der Waals surface area contributed by atoms with Gasteiger partial charge in [-0.05, 0) is 36.5 Å². The van der Waals surface area contributed by atoms with Gasteiger partial charge < -0.3 is 5.32 Å². The molecule has 2 unspecified atom stereocenters. The number of rotatable bonds is 3. The van der Waals surface area contributed by atoms with E-state index in [9.17, 15) is 0 Å². The van der Waals surface area contributed by atoms with E-state index >= 15 is 0 Å². The van der Waals surface area contributed by atoms with Crippen LogP contribution in [-0.2, 0) is 0 Å². The van der Waals surface area contributed by atoms with Gasteiger partial charge in [0, 0.05) is 16.7 Å². The Bertz CT molecular complexity index is 409. The first kappa shape index (κ1) is 10.5. The van der Waals surface area contributed by atoms with Crippen LogP contribution in [0.4, 0.5) is 5.69 Å². The average molecular weight is 265 g/mol. The second-order valence-corrected chi connectivity index (χ2v) is 5.11. The molecule has 1 saturated carbocycles. The molecule has 0 saturated heterocycles. The van der Waals surface area contributed by atoms with Gasteiger partial charge in [-0.2, -0.15) is 5.26 Å². The van der Waals surface area contributed by atoms with E-state index in [-0.39, 0.29) is 0 Å². The fourth-order valence-electron chi connectivity index (χ4n) is 1.69. The van der Waals surface area contributed by atoms with Crippen LogP contribution in [0, 0.1) is 23.2 Å². The molecular formula is C12H13BrN2. The summed E-state index contributed by atoms with van der Waals surface area (Å²) in [5, 5.41) is 12.2. The minimum absolute atomic E-state index is 0.690. The van der Waals surface area contributed by atoms with Crippen molar-refractivity contribution in [3.05, 3.63) is 28.2 Å². The first-order chi connectivity index (χ1) is 7.19. The Morgan fingerprint density at radius 1 is 1.53 bits per heavy atom. The minimum atomic E-state index is 0.690. The van der Waals surface area contributed by atoms with Gasteiger partial charge in [0.15, 0.2) is 0 Å². The van der Waals surface area contributed by atoms with Gasteiger partial charge in [0.05, 0.1) is 11.6 Å². The number of nitrogens with zero attached hydrogens (tertiary/aromatic N) is 1. The first-order valence-electron chi connectivity index (χ1n) is 5.13. The number of hydrogen-bond donors (Lipinski definition) is 1. The van der Waals surface area contributed by atoms with Gasteiger partial charge in [-0.15, -0.1) is 0 Å². The number of anilines is 1. The highest BCUT2D eigenvalue weighted by Gasteiger charge is 2.31. The molecular weight excluding hydrogens is 252 g/mol. The Kier molecular flexibility index (Phi) is 2.97. The highest BCUT2D eigenvalue weighted by molar-refractivity contribution is 9.10. The standard InChI is InChI=1S/C12H13BrN2/c1-8-2-10(8)7-15-12-4-9(6-14)3-11(13)5-12/h3-5,8,10,15H,2,7H2,1H3. The molecule has 1 aromatic carbocycles. The van der Waals surface area contributed by atoms with Crippen molar-refractivity contribution in [2.45, 2.75) is 13.3 Å². The maximum absolute atomic E-state index is 8.82. The van der Waals surface area contributed by atoms with Crippen molar-refractivity contribution in [1.82, 2.24) is 0 Å². The molecule has 78 valence electrons. The summed E-state index contributed by atoms with van der Waals surface area (Å²) in [7, 11) is 0. The van der Waals surface area contributed by atoms with Crippen molar-refractivity contribution < 1.29 is 0 Å². The summed E-state index contributed by atoms with van der Waals surface area (Å²) in [5.74, 6) is 1.68. The molecule has 0 heterocycles. The summed E-state index contributed by atoms with van der Waals surface area (Å²) < 4.78 is 0.952. The summed E-state index contributed by atoms with van der Waals surface area (Å²) >= 11 is 3.40. The number of hydrogen-bond acceptors (Lipinski definition) is 2. The second kappa shape index (κ2) is 4.24. The highest BCUT2D eigenvalue weighted by atomic mass is 79.9. The van der Waals surface area contributed by atoms with E-state index in [1.165, 1.54) is 6.42 Å². The van der Waals surface area contributed by atoms with Crippen LogP contribution in [-0.4, -0.2) is 6.54 Å². The Balaban J connectivity index is 2.01. The molecule has 0 aromatic heterocycles. The highest BCUT2D eigenvalue weighted by Crippen LogP contribution is 2.37. The van der Waals surface area contributed by atoms with Crippen LogP contribution < -0.4 is 5.32 Å². The zero-order valence-electron chi connectivity index (χ0n) is 8.63. The third kappa shape index (κ3) is 2.73. The van der Waals surface area contributed by atoms with Gasteiger partial charge >= 0.3 is 0 Å². The summed E-state index contributed by atoms with van der Waals surface area (Å²) in [6.07, 6.45) is 1.33. The number of halogens is 1. The minimum Gasteiger partial charge on any atom is -0.385 e. The second-order valence-electron chi connectivity index (χ2n) is 4.19. The molecule has 2 atom stereocenters. The van der Waals surface area contributed by atoms with Crippen LogP contribution in [0.15, 0.2) is 22.7 Å². The third-order valence-corrected chi connectivity index (χ3v) is 3.33. The molecule has 1 fully saturated rings. The predicted molar refractivity (Wildman–Crippen MR) is 64.6 cm³/mol. The lowest BCUT2D eigenvalue weighted by Gasteiger charge is -2.06. The largest absolute Gasteiger partial charge is 0.385 e. The smallest absolute Gasteiger partial charge is 0.0992 e. The van der Waals surface area contributed by atoms with E-state index < -0.39 is 0 Å². The van der Waals surface area contributed by atoms with Crippen molar-refractivity contribution in [1.29, 1.82) is 5.26 Å². The summed E-state index contributed by atoms with van der Waals surface area (Å²) in [6, 6.07) is 7.87. The Labute approximate surface area is 98.4 Å². The van der Waals surface area contributed by atoms with E-state index in [0.717, 1.165) is 28.5 Å². The fraction of sp³-hybridized carbons (Fsp3) is 0.417. The van der Waals surface area contributed by atoms with Gasteiger partial charge in [0.25, 0.3) is 0 Å². The lowest BCUT2D eigenvalue weighted by Crippen LogP contribution is -2.04. The van der Waals surface area contributed by atoms with Crippen molar-refractivity contribution >= 4 is 21.6 Å². The summed E-state index contributed by atoms with van der Waals surface area (Å²) in [4.78, 5) is 0. The Hall–Kier alpha value is -1.01. The van der Waals surface area contributed by atoms with Crippen molar-refractivity contribution in [2.24, 2.45) is 11.8 Å². The molecule has 0 bridgehead atoms. The molecule has 3 heteroatoms. The van der Waals surface area contributed by atoms with Crippen LogP contribution in [0.2, 0.25) is 0 Å². The van der Waals surface area contributed by atoms with E-state index in [1.54, 1.807) is 0 Å². The normalized spacial score (nSPS) is 23.3. The first-order valence-corrected chi connectivity index (χ1v) is 5.93. The zero-order valence-corrected chi connectivity index (χ0v) is 10.2. The monoisotopic (exact) mass is 264 g/mol. The zero-order chi connectivity index (χ0) is 10.8. The molecule has 2 rings (SSSR count). The van der Waals surface area contributed by atoms with Crippen LogP contribution in [0.3, 0.4) is 0 Å². The third-order valence-electron chi connectivity index (χ3n) is 2.87. The SMILES string of the molecule is CC1CC1CNc1cc(Br)cc(C#N)c1. The number of nitriles is 1. The molecule has 1 N–H and O–H groups in total. The van der Waals surface area contributed by atoms with Crippen molar-refractivity contribution in [3.63, 3.8) is 0 Å². The predicted octanol–water partition coefficient (Wildman–Crippen LogP) is 3.39. The lowest BCUT2D eigenvalue weighted by molar-refractivity contribution is 0.787. The van der Waals surface area contributed by atoms with Crippen LogP contribution in [0.25, 0.3) is 0 Å². The van der Waals surface area contributed by atoms with Gasteiger partial charge in [0.1, 0.15) is 0 Å². The van der Waals surface area contributed by atoms with Gasteiger partial charge in [-0.25, -0.2) is 0 Å². The molecule has 1 aromatic rings. The van der Waals surface area contributed by atoms with Gasteiger partial charge in [-0.1, -0.05) is 22.9 Å². The van der Waals surface area contributed by atoms with E-state index in [2.05, 4.69) is 34.2 Å². The molecule has 0 amide bonds. The maximum Gasteiger partial charge on any atom is 0.0992 e. The topological polar surface area (TPSA) is 35.8 Å². The quantitative estimate of drug-likeness (QED) is 0.909. The van der Waals surface area contributed by atoms with E-state index in [0.29, 0.717) is 5.56 Å². The fourth-order valence-corrected chi connectivity index (χ4v) is 2.18. The molecule has 1 aliphatic carbocycles. The molecule has 0 spiro atoms. The summed E-state index contributed by atoms with van der Waals surface area (Å²) in [5.41, 5.74) is 1.72. The Morgan fingerprint density at radius 3 is 2.87 bits per heavy atom. The van der Waals surface area contributed by atoms with Gasteiger partial charge in [-0.3, -0.25) is 0 Å². The van der Waals surface area contributed by atoms with Gasteiger partial charge in [0.2, 0.25) is 0 Å². The molecule has 0 aliphatic heterocycles. The molecule has 0 radical (unpaired) electrons. The van der Waals surface area contributed by atoms with Crippen LogP contribution >= 0.6 is 15.9 Å². The number of benzene rings is 1. The van der Waals surface area contributed by atoms with Crippen LogP contribution in [0.5, 0.6) is 0 Å². The average Bonchev–Trinajstić information content (AvgIpc) is 2.91. The Morgan fingerprint density at radius 2 is 2.27 bits per heavy atom. The summed E-state index contributed by atoms with van der Waals surface area (Å²) in [6.45, 7) is 3.29. The van der Waals surface area contributed by atoms with Crippen LogP contribution in [0.1, 0.15) is 18.9 Å². The number of nitrogens with one attached hydrogen (secondary N) is 1. The molecule has 15 heavy (non-hydrogen) atoms.